The Morgan fingerprint density at radius 2 is 1.42 bits per heavy atom. The molecule has 130 valence electrons. The fourth-order valence-electron chi connectivity index (χ4n) is 3.42. The van der Waals surface area contributed by atoms with Crippen LogP contribution in [-0.2, 0) is 0 Å². The molecule has 0 nitrogen and oxygen atoms in total. The van der Waals surface area contributed by atoms with Crippen LogP contribution in [0.25, 0.3) is 22.3 Å². The van der Waals surface area contributed by atoms with Crippen molar-refractivity contribution in [1.29, 1.82) is 0 Å². The summed E-state index contributed by atoms with van der Waals surface area (Å²) in [6, 6.07) is 23.4. The van der Waals surface area contributed by atoms with Crippen molar-refractivity contribution in [3.8, 4) is 11.1 Å². The smallest absolute Gasteiger partial charge is 0.00742 e. The SMILES string of the molecule is C=C(/C=C(\C)c1ccc(C)c(C)c1-c1ccccc1C)c1ccccc1. The fourth-order valence-corrected chi connectivity index (χ4v) is 3.42. The number of hydrogen-bond acceptors (Lipinski definition) is 0. The van der Waals surface area contributed by atoms with E-state index in [0.29, 0.717) is 0 Å². The second-order valence-corrected chi connectivity index (χ2v) is 6.96. The first-order valence-corrected chi connectivity index (χ1v) is 9.08. The van der Waals surface area contributed by atoms with Crippen LogP contribution in [0.1, 0.15) is 34.7 Å². The quantitative estimate of drug-likeness (QED) is 0.435. The first-order valence-electron chi connectivity index (χ1n) is 9.08. The van der Waals surface area contributed by atoms with Crippen molar-refractivity contribution in [1.82, 2.24) is 0 Å². The van der Waals surface area contributed by atoms with Crippen LogP contribution in [0.5, 0.6) is 0 Å². The predicted molar refractivity (Wildman–Crippen MR) is 115 cm³/mol. The minimum Gasteiger partial charge on any atom is -0.0911 e. The van der Waals surface area contributed by atoms with Gasteiger partial charge in [0.1, 0.15) is 0 Å². The van der Waals surface area contributed by atoms with E-state index in [0.717, 1.165) is 11.1 Å². The van der Waals surface area contributed by atoms with Gasteiger partial charge in [-0.1, -0.05) is 79.4 Å². The number of rotatable bonds is 4. The summed E-state index contributed by atoms with van der Waals surface area (Å²) in [6.07, 6.45) is 2.20. The van der Waals surface area contributed by atoms with Gasteiger partial charge >= 0.3 is 0 Å². The molecule has 0 radical (unpaired) electrons. The Balaban J connectivity index is 2.14. The van der Waals surface area contributed by atoms with Crippen LogP contribution in [0.3, 0.4) is 0 Å². The molecule has 0 heterocycles. The molecule has 0 aliphatic carbocycles. The lowest BCUT2D eigenvalue weighted by Gasteiger charge is -2.18. The van der Waals surface area contributed by atoms with Gasteiger partial charge in [0.15, 0.2) is 0 Å². The summed E-state index contributed by atoms with van der Waals surface area (Å²) < 4.78 is 0. The third kappa shape index (κ3) is 3.55. The lowest BCUT2D eigenvalue weighted by atomic mass is 9.86. The Kier molecular flexibility index (Phi) is 5.23. The summed E-state index contributed by atoms with van der Waals surface area (Å²) >= 11 is 0. The highest BCUT2D eigenvalue weighted by molar-refractivity contribution is 5.89. The van der Waals surface area contributed by atoms with E-state index >= 15 is 0 Å². The van der Waals surface area contributed by atoms with Crippen LogP contribution in [0, 0.1) is 20.8 Å². The maximum absolute atomic E-state index is 4.27. The van der Waals surface area contributed by atoms with Crippen LogP contribution in [0.2, 0.25) is 0 Å². The van der Waals surface area contributed by atoms with Gasteiger partial charge in [-0.15, -0.1) is 0 Å². The maximum atomic E-state index is 4.27. The van der Waals surface area contributed by atoms with Crippen LogP contribution in [0.15, 0.2) is 79.4 Å². The Bertz CT molecular complexity index is 972. The standard InChI is InChI=1S/C26H26/c1-18-15-16-25(21(4)17-20(3)23-12-7-6-8-13-23)26(22(18)5)24-14-10-9-11-19(24)2/h6-17H,3H2,1-2,4-5H3/b21-17+. The van der Waals surface area contributed by atoms with E-state index in [2.05, 4.69) is 101 Å². The molecule has 0 saturated heterocycles. The summed E-state index contributed by atoms with van der Waals surface area (Å²) in [4.78, 5) is 0. The van der Waals surface area contributed by atoms with E-state index in [1.807, 2.05) is 6.07 Å². The zero-order valence-corrected chi connectivity index (χ0v) is 16.1. The van der Waals surface area contributed by atoms with Gasteiger partial charge in [0.25, 0.3) is 0 Å². The highest BCUT2D eigenvalue weighted by Gasteiger charge is 2.13. The van der Waals surface area contributed by atoms with Gasteiger partial charge in [-0.25, -0.2) is 0 Å². The molecule has 3 aromatic rings. The first-order chi connectivity index (χ1) is 12.5. The van der Waals surface area contributed by atoms with E-state index in [4.69, 9.17) is 0 Å². The van der Waals surface area contributed by atoms with Gasteiger partial charge in [-0.2, -0.15) is 0 Å². The minimum absolute atomic E-state index is 1.04. The van der Waals surface area contributed by atoms with Crippen molar-refractivity contribution in [2.24, 2.45) is 0 Å². The van der Waals surface area contributed by atoms with Crippen LogP contribution < -0.4 is 0 Å². The van der Waals surface area contributed by atoms with Gasteiger partial charge in [-0.05, 0) is 77.8 Å². The second-order valence-electron chi connectivity index (χ2n) is 6.96. The molecule has 0 N–H and O–H groups in total. The van der Waals surface area contributed by atoms with Crippen molar-refractivity contribution in [2.45, 2.75) is 27.7 Å². The van der Waals surface area contributed by atoms with Crippen molar-refractivity contribution < 1.29 is 0 Å². The number of hydrogen-bond donors (Lipinski definition) is 0. The second kappa shape index (κ2) is 7.58. The molecule has 0 amide bonds. The third-order valence-electron chi connectivity index (χ3n) is 5.11. The molecule has 3 aromatic carbocycles. The van der Waals surface area contributed by atoms with E-state index in [-0.39, 0.29) is 0 Å². The molecule has 0 heteroatoms. The summed E-state index contributed by atoms with van der Waals surface area (Å²) in [6.45, 7) is 13.0. The van der Waals surface area contributed by atoms with Crippen molar-refractivity contribution >= 4 is 11.1 Å². The highest BCUT2D eigenvalue weighted by Crippen LogP contribution is 2.36. The molecule has 0 aromatic heterocycles. The van der Waals surface area contributed by atoms with Crippen molar-refractivity contribution in [3.63, 3.8) is 0 Å². The summed E-state index contributed by atoms with van der Waals surface area (Å²) in [5.41, 5.74) is 11.3. The molecule has 0 unspecified atom stereocenters. The first kappa shape index (κ1) is 17.9. The molecule has 0 aliphatic heterocycles. The van der Waals surface area contributed by atoms with Gasteiger partial charge in [0, 0.05) is 0 Å². The normalized spacial score (nSPS) is 11.5. The largest absolute Gasteiger partial charge is 0.0911 e. The number of benzene rings is 3. The van der Waals surface area contributed by atoms with Gasteiger partial charge in [0.05, 0.1) is 0 Å². The molecular weight excluding hydrogens is 312 g/mol. The molecule has 3 rings (SSSR count). The zero-order chi connectivity index (χ0) is 18.7. The Morgan fingerprint density at radius 1 is 0.769 bits per heavy atom. The monoisotopic (exact) mass is 338 g/mol. The average Bonchev–Trinajstić information content (AvgIpc) is 2.65. The third-order valence-corrected chi connectivity index (χ3v) is 5.11. The summed E-state index contributed by atoms with van der Waals surface area (Å²) in [7, 11) is 0. The van der Waals surface area contributed by atoms with Crippen molar-refractivity contribution in [2.75, 3.05) is 0 Å². The molecule has 0 saturated carbocycles. The average molecular weight is 338 g/mol. The van der Waals surface area contributed by atoms with Crippen LogP contribution >= 0.6 is 0 Å². The number of aryl methyl sites for hydroxylation is 2. The molecule has 26 heavy (non-hydrogen) atoms. The fraction of sp³-hybridized carbons (Fsp3) is 0.154. The van der Waals surface area contributed by atoms with E-state index in [1.54, 1.807) is 0 Å². The minimum atomic E-state index is 1.04. The molecule has 0 atom stereocenters. The Morgan fingerprint density at radius 3 is 2.12 bits per heavy atom. The van der Waals surface area contributed by atoms with E-state index in [9.17, 15) is 0 Å². The predicted octanol–water partition coefficient (Wildman–Crippen LogP) is 7.40. The van der Waals surface area contributed by atoms with Crippen LogP contribution in [-0.4, -0.2) is 0 Å². The molecular formula is C26H26. The summed E-state index contributed by atoms with van der Waals surface area (Å²) in [5, 5.41) is 0. The van der Waals surface area contributed by atoms with Gasteiger partial charge in [-0.3, -0.25) is 0 Å². The Labute approximate surface area is 157 Å². The molecule has 0 fully saturated rings. The van der Waals surface area contributed by atoms with Crippen molar-refractivity contribution in [3.05, 3.63) is 107 Å². The van der Waals surface area contributed by atoms with Gasteiger partial charge in [0.2, 0.25) is 0 Å². The zero-order valence-electron chi connectivity index (χ0n) is 16.1. The lowest BCUT2D eigenvalue weighted by molar-refractivity contribution is 1.31. The van der Waals surface area contributed by atoms with E-state index < -0.39 is 0 Å². The molecule has 0 aliphatic rings. The molecule has 0 bridgehead atoms. The number of allylic oxidation sites excluding steroid dienone is 3. The van der Waals surface area contributed by atoms with Crippen LogP contribution in [0.4, 0.5) is 0 Å². The van der Waals surface area contributed by atoms with E-state index in [1.165, 1.54) is 39.0 Å². The summed E-state index contributed by atoms with van der Waals surface area (Å²) in [5.74, 6) is 0. The topological polar surface area (TPSA) is 0 Å². The maximum Gasteiger partial charge on any atom is -0.00742 e. The Hall–Kier alpha value is -2.86. The highest BCUT2D eigenvalue weighted by atomic mass is 14.2. The van der Waals surface area contributed by atoms with Gasteiger partial charge < -0.3 is 0 Å². The molecule has 0 spiro atoms. The lowest BCUT2D eigenvalue weighted by Crippen LogP contribution is -1.96.